The molecular formula is C25H29NO7. The lowest BCUT2D eigenvalue weighted by atomic mass is 10.0. The van der Waals surface area contributed by atoms with Crippen molar-refractivity contribution in [2.45, 2.75) is 63.3 Å². The van der Waals surface area contributed by atoms with Gasteiger partial charge in [-0.05, 0) is 31.5 Å². The van der Waals surface area contributed by atoms with Crippen molar-refractivity contribution in [3.05, 3.63) is 71.8 Å². The van der Waals surface area contributed by atoms with Crippen molar-refractivity contribution in [3.8, 4) is 0 Å². The highest BCUT2D eigenvalue weighted by molar-refractivity contribution is 5.96. The fraction of sp³-hybridized carbons (Fsp3) is 0.440. The molecule has 1 amide bonds. The molecule has 2 heterocycles. The summed E-state index contributed by atoms with van der Waals surface area (Å²) < 4.78 is 29.2. The van der Waals surface area contributed by atoms with Crippen LogP contribution in [0.2, 0.25) is 0 Å². The largest absolute Gasteiger partial charge is 0.467 e. The van der Waals surface area contributed by atoms with E-state index in [1.54, 1.807) is 24.3 Å². The van der Waals surface area contributed by atoms with Gasteiger partial charge in [-0.3, -0.25) is 4.79 Å². The quantitative estimate of drug-likeness (QED) is 0.612. The third-order valence-corrected chi connectivity index (χ3v) is 5.67. The average molecular weight is 456 g/mol. The lowest BCUT2D eigenvalue weighted by Gasteiger charge is -2.28. The van der Waals surface area contributed by atoms with E-state index >= 15 is 0 Å². The molecule has 0 aromatic heterocycles. The van der Waals surface area contributed by atoms with E-state index in [2.05, 4.69) is 5.32 Å². The molecule has 2 aromatic rings. The summed E-state index contributed by atoms with van der Waals surface area (Å²) in [6.07, 6.45) is -2.01. The van der Waals surface area contributed by atoms with Gasteiger partial charge in [0.15, 0.2) is 12.1 Å². The third kappa shape index (κ3) is 5.59. The Kier molecular flexibility index (Phi) is 7.09. The van der Waals surface area contributed by atoms with Crippen molar-refractivity contribution in [1.29, 1.82) is 0 Å². The number of hydrogen-bond acceptors (Lipinski definition) is 7. The van der Waals surface area contributed by atoms with Gasteiger partial charge in [-0.25, -0.2) is 4.79 Å². The highest BCUT2D eigenvalue weighted by Gasteiger charge is 2.56. The zero-order chi connectivity index (χ0) is 23.4. The molecule has 5 atom stereocenters. The van der Waals surface area contributed by atoms with E-state index in [1.165, 1.54) is 7.11 Å². The molecule has 176 valence electrons. The van der Waals surface area contributed by atoms with Gasteiger partial charge in [0, 0.05) is 12.0 Å². The van der Waals surface area contributed by atoms with Crippen LogP contribution in [0.15, 0.2) is 60.7 Å². The second-order valence-electron chi connectivity index (χ2n) is 8.56. The molecule has 8 nitrogen and oxygen atoms in total. The molecule has 0 spiro atoms. The number of benzene rings is 2. The molecule has 0 aliphatic carbocycles. The van der Waals surface area contributed by atoms with E-state index in [9.17, 15) is 9.59 Å². The summed E-state index contributed by atoms with van der Waals surface area (Å²) in [6, 6.07) is 17.5. The monoisotopic (exact) mass is 455 g/mol. The summed E-state index contributed by atoms with van der Waals surface area (Å²) in [5.41, 5.74) is 1.45. The molecule has 2 fully saturated rings. The number of rotatable bonds is 8. The Balaban J connectivity index is 1.49. The summed E-state index contributed by atoms with van der Waals surface area (Å²) in [4.78, 5) is 25.2. The number of esters is 1. The Bertz CT molecular complexity index is 950. The number of fused-ring (bicyclic) bond motifs is 1. The molecule has 2 aliphatic rings. The first-order valence-corrected chi connectivity index (χ1v) is 11.0. The minimum Gasteiger partial charge on any atom is -0.467 e. The van der Waals surface area contributed by atoms with Gasteiger partial charge in [-0.1, -0.05) is 48.5 Å². The number of amides is 1. The fourth-order valence-electron chi connectivity index (χ4n) is 4.12. The van der Waals surface area contributed by atoms with E-state index in [4.69, 9.17) is 23.7 Å². The molecule has 1 N–H and O–H groups in total. The zero-order valence-electron chi connectivity index (χ0n) is 18.9. The number of carbonyl (C=O) groups is 2. The van der Waals surface area contributed by atoms with Gasteiger partial charge in [0.25, 0.3) is 5.91 Å². The summed E-state index contributed by atoms with van der Waals surface area (Å²) >= 11 is 0. The lowest BCUT2D eigenvalue weighted by molar-refractivity contribution is -0.220. The van der Waals surface area contributed by atoms with Gasteiger partial charge < -0.3 is 29.0 Å². The molecule has 0 saturated carbocycles. The van der Waals surface area contributed by atoms with Gasteiger partial charge in [-0.2, -0.15) is 0 Å². The molecule has 0 radical (unpaired) electrons. The van der Waals surface area contributed by atoms with Crippen LogP contribution < -0.4 is 5.32 Å². The van der Waals surface area contributed by atoms with Crippen LogP contribution in [0, 0.1) is 0 Å². The van der Waals surface area contributed by atoms with Crippen molar-refractivity contribution in [2.75, 3.05) is 7.11 Å². The van der Waals surface area contributed by atoms with Crippen molar-refractivity contribution >= 4 is 11.9 Å². The second kappa shape index (κ2) is 10.0. The van der Waals surface area contributed by atoms with Crippen LogP contribution in [0.4, 0.5) is 0 Å². The number of carbonyl (C=O) groups excluding carboxylic acids is 2. The van der Waals surface area contributed by atoms with Crippen LogP contribution in [0.25, 0.3) is 0 Å². The van der Waals surface area contributed by atoms with E-state index < -0.39 is 42.4 Å². The maximum atomic E-state index is 12.7. The fourth-order valence-corrected chi connectivity index (χ4v) is 4.12. The van der Waals surface area contributed by atoms with Gasteiger partial charge in [0.2, 0.25) is 0 Å². The first-order valence-electron chi connectivity index (χ1n) is 11.0. The highest BCUT2D eigenvalue weighted by Crippen LogP contribution is 2.40. The minimum atomic E-state index is -0.928. The van der Waals surface area contributed by atoms with Crippen molar-refractivity contribution in [2.24, 2.45) is 0 Å². The van der Waals surface area contributed by atoms with E-state index in [0.717, 1.165) is 5.56 Å². The van der Waals surface area contributed by atoms with Crippen molar-refractivity contribution in [1.82, 2.24) is 5.32 Å². The summed E-state index contributed by atoms with van der Waals surface area (Å²) in [5, 5.41) is 2.76. The normalized spacial score (nSPS) is 26.4. The topological polar surface area (TPSA) is 92.3 Å². The average Bonchev–Trinajstić information content (AvgIpc) is 3.28. The number of ether oxygens (including phenoxy) is 5. The van der Waals surface area contributed by atoms with Crippen molar-refractivity contribution < 1.29 is 33.3 Å². The van der Waals surface area contributed by atoms with Gasteiger partial charge in [0.05, 0.1) is 19.8 Å². The maximum Gasteiger partial charge on any atom is 0.328 e. The molecule has 8 heteroatoms. The van der Waals surface area contributed by atoms with Crippen LogP contribution in [-0.2, 0) is 35.1 Å². The number of nitrogens with one attached hydrogen (secondary N) is 1. The van der Waals surface area contributed by atoms with E-state index in [-0.39, 0.29) is 12.3 Å². The van der Waals surface area contributed by atoms with Gasteiger partial charge >= 0.3 is 5.97 Å². The Morgan fingerprint density at radius 3 is 2.36 bits per heavy atom. The highest BCUT2D eigenvalue weighted by atomic mass is 16.8. The predicted molar refractivity (Wildman–Crippen MR) is 118 cm³/mol. The molecule has 2 aliphatic heterocycles. The molecule has 4 rings (SSSR count). The molecule has 2 saturated heterocycles. The lowest BCUT2D eigenvalue weighted by Crippen LogP contribution is -2.46. The standard InChI is InChI=1S/C25H29NO7/c1-25(2)32-21-20(30-15-16-10-6-4-7-11-16)19(31-24(21)33-25)14-18(23(28)29-3)26-22(27)17-12-8-5-9-13-17/h4-13,18-21,24H,14-15H2,1-3H3,(H,26,27)/t18?,19-,20-,21-,24-/m1/s1. The Morgan fingerprint density at radius 2 is 1.70 bits per heavy atom. The van der Waals surface area contributed by atoms with Crippen LogP contribution in [-0.4, -0.2) is 55.4 Å². The first-order chi connectivity index (χ1) is 15.9. The molecule has 1 unspecified atom stereocenters. The Hall–Kier alpha value is -2.78. The van der Waals surface area contributed by atoms with Gasteiger partial charge in [-0.15, -0.1) is 0 Å². The molecule has 0 bridgehead atoms. The number of hydrogen-bond donors (Lipinski definition) is 1. The molecule has 33 heavy (non-hydrogen) atoms. The number of methoxy groups -OCH3 is 1. The van der Waals surface area contributed by atoms with E-state index in [0.29, 0.717) is 12.2 Å². The molecule has 2 aromatic carbocycles. The smallest absolute Gasteiger partial charge is 0.328 e. The first kappa shape index (κ1) is 23.4. The summed E-state index contributed by atoms with van der Waals surface area (Å²) in [7, 11) is 1.28. The third-order valence-electron chi connectivity index (χ3n) is 5.67. The van der Waals surface area contributed by atoms with Crippen molar-refractivity contribution in [3.63, 3.8) is 0 Å². The van der Waals surface area contributed by atoms with E-state index in [1.807, 2.05) is 50.2 Å². The Labute approximate surface area is 193 Å². The Morgan fingerprint density at radius 1 is 1.03 bits per heavy atom. The minimum absolute atomic E-state index is 0.144. The summed E-state index contributed by atoms with van der Waals surface area (Å²) in [6.45, 7) is 3.97. The second-order valence-corrected chi connectivity index (χ2v) is 8.56. The van der Waals surface area contributed by atoms with Crippen LogP contribution in [0.5, 0.6) is 0 Å². The zero-order valence-corrected chi connectivity index (χ0v) is 18.9. The van der Waals surface area contributed by atoms with Gasteiger partial charge in [0.1, 0.15) is 18.2 Å². The van der Waals surface area contributed by atoms with Crippen LogP contribution in [0.1, 0.15) is 36.2 Å². The maximum absolute atomic E-state index is 12.7. The predicted octanol–water partition coefficient (Wildman–Crippen LogP) is 2.81. The van der Waals surface area contributed by atoms with Crippen LogP contribution in [0.3, 0.4) is 0 Å². The molecular weight excluding hydrogens is 426 g/mol. The SMILES string of the molecule is COC(=O)C(C[C@H]1O[C@@H]2OC(C)(C)O[C@@H]2[C@@H]1OCc1ccccc1)NC(=O)c1ccccc1. The van der Waals surface area contributed by atoms with Crippen LogP contribution >= 0.6 is 0 Å². The summed E-state index contributed by atoms with van der Waals surface area (Å²) in [5.74, 6) is -1.75.